The summed E-state index contributed by atoms with van der Waals surface area (Å²) in [5, 5.41) is 3.28. The Morgan fingerprint density at radius 1 is 1.53 bits per heavy atom. The van der Waals surface area contributed by atoms with E-state index in [0.29, 0.717) is 12.5 Å². The molecule has 0 saturated carbocycles. The summed E-state index contributed by atoms with van der Waals surface area (Å²) >= 11 is 0. The number of hydrogen-bond donors (Lipinski definition) is 1. The molecule has 1 aliphatic heterocycles. The highest BCUT2D eigenvalue weighted by Crippen LogP contribution is 2.09. The number of hydrogen-bond acceptors (Lipinski definition) is 3. The van der Waals surface area contributed by atoms with E-state index in [9.17, 15) is 4.79 Å². The van der Waals surface area contributed by atoms with Crippen LogP contribution in [0.25, 0.3) is 0 Å². The second kappa shape index (κ2) is 7.67. The van der Waals surface area contributed by atoms with Crippen molar-refractivity contribution < 1.29 is 9.53 Å². The SMILES string of the molecule is CCC1CN(C(=O)CCNC(C)C)CCCO1. The largest absolute Gasteiger partial charge is 0.376 e. The minimum atomic E-state index is 0.222. The summed E-state index contributed by atoms with van der Waals surface area (Å²) < 4.78 is 5.67. The predicted molar refractivity (Wildman–Crippen MR) is 69.0 cm³/mol. The maximum Gasteiger partial charge on any atom is 0.223 e. The molecule has 100 valence electrons. The molecule has 0 bridgehead atoms. The van der Waals surface area contributed by atoms with Gasteiger partial charge < -0.3 is 15.0 Å². The first-order valence-electron chi connectivity index (χ1n) is 6.76. The Hall–Kier alpha value is -0.610. The topological polar surface area (TPSA) is 41.6 Å². The number of carbonyl (C=O) groups is 1. The van der Waals surface area contributed by atoms with Gasteiger partial charge in [0.25, 0.3) is 0 Å². The fourth-order valence-electron chi connectivity index (χ4n) is 1.99. The quantitative estimate of drug-likeness (QED) is 0.792. The minimum absolute atomic E-state index is 0.222. The number of ether oxygens (including phenoxy) is 1. The van der Waals surface area contributed by atoms with Crippen LogP contribution < -0.4 is 5.32 Å². The van der Waals surface area contributed by atoms with Crippen LogP contribution in [0.3, 0.4) is 0 Å². The summed E-state index contributed by atoms with van der Waals surface area (Å²) in [7, 11) is 0. The van der Waals surface area contributed by atoms with Gasteiger partial charge in [-0.1, -0.05) is 20.8 Å². The summed E-state index contributed by atoms with van der Waals surface area (Å²) in [5.41, 5.74) is 0. The Balaban J connectivity index is 2.33. The van der Waals surface area contributed by atoms with E-state index in [0.717, 1.165) is 39.1 Å². The molecular formula is C13H26N2O2. The summed E-state index contributed by atoms with van der Waals surface area (Å²) in [4.78, 5) is 14.0. The van der Waals surface area contributed by atoms with Crippen molar-refractivity contribution in [3.05, 3.63) is 0 Å². The molecule has 4 nitrogen and oxygen atoms in total. The molecule has 0 spiro atoms. The molecular weight excluding hydrogens is 216 g/mol. The average molecular weight is 242 g/mol. The van der Waals surface area contributed by atoms with Crippen LogP contribution in [0.4, 0.5) is 0 Å². The monoisotopic (exact) mass is 242 g/mol. The van der Waals surface area contributed by atoms with Gasteiger partial charge in [-0.15, -0.1) is 0 Å². The van der Waals surface area contributed by atoms with Gasteiger partial charge in [0.2, 0.25) is 5.91 Å². The Bertz CT molecular complexity index is 231. The van der Waals surface area contributed by atoms with E-state index in [1.807, 2.05) is 4.90 Å². The lowest BCUT2D eigenvalue weighted by molar-refractivity contribution is -0.131. The molecule has 1 saturated heterocycles. The first-order chi connectivity index (χ1) is 8.13. The number of nitrogens with zero attached hydrogens (tertiary/aromatic N) is 1. The molecule has 0 aromatic rings. The van der Waals surface area contributed by atoms with E-state index in [2.05, 4.69) is 26.1 Å². The van der Waals surface area contributed by atoms with E-state index in [1.54, 1.807) is 0 Å². The molecule has 17 heavy (non-hydrogen) atoms. The van der Waals surface area contributed by atoms with Crippen molar-refractivity contribution in [1.29, 1.82) is 0 Å². The van der Waals surface area contributed by atoms with Crippen LogP contribution in [-0.2, 0) is 9.53 Å². The lowest BCUT2D eigenvalue weighted by Gasteiger charge is -2.23. The van der Waals surface area contributed by atoms with Gasteiger partial charge in [0.05, 0.1) is 6.10 Å². The molecule has 1 unspecified atom stereocenters. The van der Waals surface area contributed by atoms with Crippen LogP contribution in [0, 0.1) is 0 Å². The Kier molecular flexibility index (Phi) is 6.52. The zero-order valence-electron chi connectivity index (χ0n) is 11.4. The maximum atomic E-state index is 12.0. The van der Waals surface area contributed by atoms with Gasteiger partial charge in [-0.05, 0) is 12.8 Å². The third kappa shape index (κ3) is 5.50. The van der Waals surface area contributed by atoms with Crippen LogP contribution in [0.15, 0.2) is 0 Å². The van der Waals surface area contributed by atoms with Crippen LogP contribution in [0.5, 0.6) is 0 Å². The number of amides is 1. The van der Waals surface area contributed by atoms with Gasteiger partial charge in [0.15, 0.2) is 0 Å². The van der Waals surface area contributed by atoms with Crippen molar-refractivity contribution in [3.8, 4) is 0 Å². The van der Waals surface area contributed by atoms with Gasteiger partial charge in [0.1, 0.15) is 0 Å². The highest BCUT2D eigenvalue weighted by Gasteiger charge is 2.20. The second-order valence-corrected chi connectivity index (χ2v) is 4.95. The van der Waals surface area contributed by atoms with Crippen LogP contribution in [-0.4, -0.2) is 49.2 Å². The maximum absolute atomic E-state index is 12.0. The van der Waals surface area contributed by atoms with Crippen molar-refractivity contribution in [2.45, 2.75) is 52.2 Å². The van der Waals surface area contributed by atoms with Crippen LogP contribution in [0.2, 0.25) is 0 Å². The summed E-state index contributed by atoms with van der Waals surface area (Å²) in [5.74, 6) is 0.252. The summed E-state index contributed by atoms with van der Waals surface area (Å²) in [6, 6.07) is 0.443. The van der Waals surface area contributed by atoms with Crippen molar-refractivity contribution in [2.24, 2.45) is 0 Å². The van der Waals surface area contributed by atoms with Crippen molar-refractivity contribution in [3.63, 3.8) is 0 Å². The van der Waals surface area contributed by atoms with Gasteiger partial charge in [-0.3, -0.25) is 4.79 Å². The Labute approximate surface area is 105 Å². The average Bonchev–Trinajstić information content (AvgIpc) is 2.53. The third-order valence-electron chi connectivity index (χ3n) is 3.05. The zero-order valence-corrected chi connectivity index (χ0v) is 11.4. The smallest absolute Gasteiger partial charge is 0.223 e. The normalized spacial score (nSPS) is 21.6. The second-order valence-electron chi connectivity index (χ2n) is 4.95. The molecule has 0 radical (unpaired) electrons. The molecule has 1 aliphatic rings. The molecule has 0 aromatic carbocycles. The lowest BCUT2D eigenvalue weighted by atomic mass is 10.2. The number of carbonyl (C=O) groups excluding carboxylic acids is 1. The molecule has 1 fully saturated rings. The molecule has 0 aliphatic carbocycles. The number of nitrogens with one attached hydrogen (secondary N) is 1. The van der Waals surface area contributed by atoms with Crippen LogP contribution >= 0.6 is 0 Å². The molecule has 4 heteroatoms. The summed E-state index contributed by atoms with van der Waals surface area (Å²) in [6.45, 7) is 9.46. The molecule has 1 amide bonds. The lowest BCUT2D eigenvalue weighted by Crippen LogP contribution is -2.38. The highest BCUT2D eigenvalue weighted by atomic mass is 16.5. The molecule has 1 heterocycles. The van der Waals surface area contributed by atoms with E-state index < -0.39 is 0 Å². The summed E-state index contributed by atoms with van der Waals surface area (Å²) in [6.07, 6.45) is 2.75. The first-order valence-corrected chi connectivity index (χ1v) is 6.76. The highest BCUT2D eigenvalue weighted by molar-refractivity contribution is 5.76. The third-order valence-corrected chi connectivity index (χ3v) is 3.05. The predicted octanol–water partition coefficient (Wildman–Crippen LogP) is 1.40. The zero-order chi connectivity index (χ0) is 12.7. The standard InChI is InChI=1S/C13H26N2O2/c1-4-12-10-15(8-5-9-17-12)13(16)6-7-14-11(2)3/h11-12,14H,4-10H2,1-3H3. The Morgan fingerprint density at radius 3 is 2.94 bits per heavy atom. The van der Waals surface area contributed by atoms with Gasteiger partial charge in [0, 0.05) is 38.7 Å². The van der Waals surface area contributed by atoms with E-state index in [1.165, 1.54) is 0 Å². The van der Waals surface area contributed by atoms with Gasteiger partial charge in [-0.25, -0.2) is 0 Å². The molecule has 1 atom stereocenters. The fraction of sp³-hybridized carbons (Fsp3) is 0.923. The first kappa shape index (κ1) is 14.5. The number of rotatable bonds is 5. The Morgan fingerprint density at radius 2 is 2.29 bits per heavy atom. The molecule has 1 N–H and O–H groups in total. The molecule has 0 aromatic heterocycles. The minimum Gasteiger partial charge on any atom is -0.376 e. The van der Waals surface area contributed by atoms with E-state index in [4.69, 9.17) is 4.74 Å². The van der Waals surface area contributed by atoms with Crippen molar-refractivity contribution in [2.75, 3.05) is 26.2 Å². The molecule has 1 rings (SSSR count). The van der Waals surface area contributed by atoms with E-state index >= 15 is 0 Å². The van der Waals surface area contributed by atoms with E-state index in [-0.39, 0.29) is 12.0 Å². The van der Waals surface area contributed by atoms with Crippen LogP contribution in [0.1, 0.15) is 40.0 Å². The van der Waals surface area contributed by atoms with Gasteiger partial charge in [-0.2, -0.15) is 0 Å². The van der Waals surface area contributed by atoms with Crippen molar-refractivity contribution >= 4 is 5.91 Å². The fourth-order valence-corrected chi connectivity index (χ4v) is 1.99. The van der Waals surface area contributed by atoms with Crippen molar-refractivity contribution in [1.82, 2.24) is 10.2 Å². The van der Waals surface area contributed by atoms with Gasteiger partial charge >= 0.3 is 0 Å².